The monoisotopic (exact) mass is 399 g/mol. The Morgan fingerprint density at radius 3 is 2.00 bits per heavy atom. The van der Waals surface area contributed by atoms with E-state index >= 15 is 0 Å². The number of hydrogen-bond donors (Lipinski definition) is 0. The van der Waals surface area contributed by atoms with Crippen molar-refractivity contribution >= 4 is 34.1 Å². The standard InChI is InChI=1S/C15H30ClNO5SSi/c1-8-24(9-2,10-3)22-14-12(11(4)21-15(5,6)7)13(18)17(14)23(16,19)20/h11-12,14H,8-10H2,1-7H3. The van der Waals surface area contributed by atoms with E-state index < -0.39 is 47.3 Å². The van der Waals surface area contributed by atoms with Gasteiger partial charge in [-0.3, -0.25) is 4.79 Å². The average molecular weight is 400 g/mol. The molecule has 24 heavy (non-hydrogen) atoms. The number of carbonyl (C=O) groups is 1. The van der Waals surface area contributed by atoms with Gasteiger partial charge in [0, 0.05) is 10.7 Å². The second-order valence-corrected chi connectivity index (χ2v) is 14.4. The van der Waals surface area contributed by atoms with Gasteiger partial charge in [-0.1, -0.05) is 20.8 Å². The van der Waals surface area contributed by atoms with E-state index in [0.717, 1.165) is 18.1 Å². The molecule has 1 amide bonds. The van der Waals surface area contributed by atoms with E-state index in [4.69, 9.17) is 19.8 Å². The quantitative estimate of drug-likeness (QED) is 0.355. The van der Waals surface area contributed by atoms with Crippen LogP contribution in [0.3, 0.4) is 0 Å². The van der Waals surface area contributed by atoms with E-state index in [2.05, 4.69) is 0 Å². The summed E-state index contributed by atoms with van der Waals surface area (Å²) in [6.07, 6.45) is -1.33. The van der Waals surface area contributed by atoms with Crippen molar-refractivity contribution in [2.45, 2.75) is 84.5 Å². The van der Waals surface area contributed by atoms with E-state index in [1.807, 2.05) is 41.5 Å². The molecule has 1 saturated heterocycles. The van der Waals surface area contributed by atoms with Gasteiger partial charge in [0.05, 0.1) is 11.7 Å². The van der Waals surface area contributed by atoms with Gasteiger partial charge in [-0.15, -0.1) is 0 Å². The van der Waals surface area contributed by atoms with Crippen LogP contribution in [0.4, 0.5) is 0 Å². The Bertz CT molecular complexity index is 550. The van der Waals surface area contributed by atoms with Gasteiger partial charge in [-0.2, -0.15) is 12.7 Å². The molecule has 0 spiro atoms. The lowest BCUT2D eigenvalue weighted by Gasteiger charge is -2.50. The normalized spacial score (nSPS) is 24.0. The number of halogens is 1. The summed E-state index contributed by atoms with van der Waals surface area (Å²) >= 11 is 0. The minimum Gasteiger partial charge on any atom is -0.395 e. The number of carbonyl (C=O) groups excluding carboxylic acids is 1. The van der Waals surface area contributed by atoms with Gasteiger partial charge in [0.2, 0.25) is 5.91 Å². The molecule has 1 aliphatic heterocycles. The molecule has 6 nitrogen and oxygen atoms in total. The lowest BCUT2D eigenvalue weighted by molar-refractivity contribution is -0.185. The third kappa shape index (κ3) is 4.72. The number of β-lactam (4-membered cyclic amide) rings is 1. The van der Waals surface area contributed by atoms with Crippen LogP contribution < -0.4 is 0 Å². The molecule has 3 atom stereocenters. The summed E-state index contributed by atoms with van der Waals surface area (Å²) in [5, 5.41) is 0. The summed E-state index contributed by atoms with van der Waals surface area (Å²) < 4.78 is 36.4. The van der Waals surface area contributed by atoms with Gasteiger partial charge in [0.15, 0.2) is 14.5 Å². The predicted octanol–water partition coefficient (Wildman–Crippen LogP) is 3.48. The molecule has 1 heterocycles. The van der Waals surface area contributed by atoms with Gasteiger partial charge in [0.1, 0.15) is 5.92 Å². The minimum atomic E-state index is -4.17. The molecular formula is C15H30ClNO5SSi. The van der Waals surface area contributed by atoms with Crippen molar-refractivity contribution in [2.75, 3.05) is 0 Å². The highest BCUT2D eigenvalue weighted by Crippen LogP contribution is 2.40. The maximum absolute atomic E-state index is 12.4. The maximum atomic E-state index is 12.4. The van der Waals surface area contributed by atoms with Gasteiger partial charge in [-0.05, 0) is 45.8 Å². The van der Waals surface area contributed by atoms with Gasteiger partial charge in [0.25, 0.3) is 0 Å². The van der Waals surface area contributed by atoms with Gasteiger partial charge < -0.3 is 9.16 Å². The lowest BCUT2D eigenvalue weighted by Crippen LogP contribution is -2.68. The number of ether oxygens (including phenoxy) is 1. The van der Waals surface area contributed by atoms with Crippen molar-refractivity contribution in [3.8, 4) is 0 Å². The third-order valence-corrected chi connectivity index (χ3v) is 10.5. The fourth-order valence-electron chi connectivity index (χ4n) is 3.13. The second kappa shape index (κ2) is 7.61. The number of nitrogens with zero attached hydrogens (tertiary/aromatic N) is 1. The van der Waals surface area contributed by atoms with Crippen LogP contribution in [-0.4, -0.2) is 44.9 Å². The SMILES string of the molecule is CC[Si](CC)(CC)OC1C(C(C)OC(C)(C)C)C(=O)N1S(=O)(=O)Cl. The van der Waals surface area contributed by atoms with Crippen LogP contribution in [0.5, 0.6) is 0 Å². The molecule has 1 aliphatic rings. The highest BCUT2D eigenvalue weighted by Gasteiger charge is 2.58. The Morgan fingerprint density at radius 1 is 1.21 bits per heavy atom. The Labute approximate surface area is 151 Å². The van der Waals surface area contributed by atoms with Crippen molar-refractivity contribution < 1.29 is 22.4 Å². The van der Waals surface area contributed by atoms with E-state index in [9.17, 15) is 13.2 Å². The average Bonchev–Trinajstić information content (AvgIpc) is 2.39. The first kappa shape index (κ1) is 21.9. The van der Waals surface area contributed by atoms with Crippen LogP contribution >= 0.6 is 10.7 Å². The summed E-state index contributed by atoms with van der Waals surface area (Å²) in [4.78, 5) is 12.4. The zero-order valence-corrected chi connectivity index (χ0v) is 18.2. The highest BCUT2D eigenvalue weighted by atomic mass is 35.7. The first-order valence-corrected chi connectivity index (χ1v) is 13.2. The molecule has 0 bridgehead atoms. The summed E-state index contributed by atoms with van der Waals surface area (Å²) in [6, 6.07) is 2.55. The molecule has 0 radical (unpaired) electrons. The summed E-state index contributed by atoms with van der Waals surface area (Å²) in [5.41, 5.74) is -0.445. The number of rotatable bonds is 8. The molecule has 1 rings (SSSR count). The molecule has 142 valence electrons. The Kier molecular flexibility index (Phi) is 6.94. The van der Waals surface area contributed by atoms with E-state index in [-0.39, 0.29) is 0 Å². The summed E-state index contributed by atoms with van der Waals surface area (Å²) in [5.74, 6) is -1.22. The maximum Gasteiger partial charge on any atom is 0.326 e. The first-order valence-electron chi connectivity index (χ1n) is 8.45. The second-order valence-electron chi connectivity index (χ2n) is 7.29. The van der Waals surface area contributed by atoms with Crippen LogP contribution in [-0.2, 0) is 23.2 Å². The predicted molar refractivity (Wildman–Crippen MR) is 97.5 cm³/mol. The van der Waals surface area contributed by atoms with Crippen molar-refractivity contribution in [2.24, 2.45) is 5.92 Å². The van der Waals surface area contributed by atoms with Crippen LogP contribution in [0.25, 0.3) is 0 Å². The minimum absolute atomic E-state index is 0.445. The van der Waals surface area contributed by atoms with E-state index in [1.54, 1.807) is 6.92 Å². The third-order valence-electron chi connectivity index (χ3n) is 4.62. The van der Waals surface area contributed by atoms with Crippen molar-refractivity contribution in [3.63, 3.8) is 0 Å². The topological polar surface area (TPSA) is 72.9 Å². The van der Waals surface area contributed by atoms with Crippen LogP contribution in [0.1, 0.15) is 48.5 Å². The summed E-state index contributed by atoms with van der Waals surface area (Å²) in [7, 11) is -0.835. The molecule has 0 aromatic heterocycles. The van der Waals surface area contributed by atoms with Gasteiger partial charge in [-0.25, -0.2) is 0 Å². The molecule has 0 N–H and O–H groups in total. The lowest BCUT2D eigenvalue weighted by atomic mass is 9.93. The van der Waals surface area contributed by atoms with Crippen molar-refractivity contribution in [3.05, 3.63) is 0 Å². The Morgan fingerprint density at radius 2 is 1.67 bits per heavy atom. The van der Waals surface area contributed by atoms with Crippen LogP contribution in [0, 0.1) is 5.92 Å². The molecule has 9 heteroatoms. The molecule has 0 aromatic rings. The fraction of sp³-hybridized carbons (Fsp3) is 0.933. The zero-order chi connectivity index (χ0) is 18.9. The zero-order valence-electron chi connectivity index (χ0n) is 15.6. The fourth-order valence-corrected chi connectivity index (χ4v) is 7.17. The van der Waals surface area contributed by atoms with Crippen LogP contribution in [0.2, 0.25) is 18.1 Å². The van der Waals surface area contributed by atoms with Crippen molar-refractivity contribution in [1.82, 2.24) is 4.31 Å². The molecule has 0 aromatic carbocycles. The van der Waals surface area contributed by atoms with E-state index in [0.29, 0.717) is 4.31 Å². The Hall–Kier alpha value is -0.153. The molecule has 0 aliphatic carbocycles. The highest BCUT2D eigenvalue weighted by molar-refractivity contribution is 8.12. The number of amides is 1. The van der Waals surface area contributed by atoms with E-state index in [1.165, 1.54) is 0 Å². The molecule has 1 fully saturated rings. The van der Waals surface area contributed by atoms with Crippen molar-refractivity contribution in [1.29, 1.82) is 0 Å². The Balaban J connectivity index is 3.13. The smallest absolute Gasteiger partial charge is 0.326 e. The molecule has 0 saturated carbocycles. The first-order chi connectivity index (χ1) is 10.8. The molecule has 3 unspecified atom stereocenters. The molecular weight excluding hydrogens is 370 g/mol. The summed E-state index contributed by atoms with van der Waals surface area (Å²) in [6.45, 7) is 13.6. The largest absolute Gasteiger partial charge is 0.395 e. The van der Waals surface area contributed by atoms with Gasteiger partial charge >= 0.3 is 9.24 Å². The van der Waals surface area contributed by atoms with Crippen LogP contribution in [0.15, 0.2) is 0 Å². The number of hydrogen-bond acceptors (Lipinski definition) is 5.